The summed E-state index contributed by atoms with van der Waals surface area (Å²) in [5, 5.41) is 1.26. The number of benzene rings is 1. The summed E-state index contributed by atoms with van der Waals surface area (Å²) in [4.78, 5) is 4.36. The van der Waals surface area contributed by atoms with Gasteiger partial charge in [0.05, 0.1) is 5.52 Å². The van der Waals surface area contributed by atoms with Crippen molar-refractivity contribution < 1.29 is 0 Å². The molecule has 72 valence electrons. The Morgan fingerprint density at radius 2 is 2.00 bits per heavy atom. The van der Waals surface area contributed by atoms with E-state index in [1.807, 2.05) is 6.20 Å². The van der Waals surface area contributed by atoms with Crippen LogP contribution >= 0.6 is 15.9 Å². The third-order valence-corrected chi connectivity index (χ3v) is 2.85. The summed E-state index contributed by atoms with van der Waals surface area (Å²) in [6, 6.07) is 8.35. The van der Waals surface area contributed by atoms with Gasteiger partial charge >= 0.3 is 0 Å². The Morgan fingerprint density at radius 1 is 1.21 bits per heavy atom. The van der Waals surface area contributed by atoms with Crippen molar-refractivity contribution in [1.29, 1.82) is 0 Å². The van der Waals surface area contributed by atoms with Gasteiger partial charge in [-0.25, -0.2) is 0 Å². The van der Waals surface area contributed by atoms with Crippen molar-refractivity contribution in [2.45, 2.75) is 19.8 Å². The number of aromatic nitrogens is 1. The lowest BCUT2D eigenvalue weighted by Crippen LogP contribution is -1.90. The minimum absolute atomic E-state index is 0.543. The van der Waals surface area contributed by atoms with Crippen LogP contribution in [0.1, 0.15) is 25.3 Å². The molecule has 1 nitrogen and oxygen atoms in total. The topological polar surface area (TPSA) is 12.9 Å². The van der Waals surface area contributed by atoms with E-state index in [9.17, 15) is 0 Å². The molecule has 0 amide bonds. The monoisotopic (exact) mass is 249 g/mol. The van der Waals surface area contributed by atoms with Crippen molar-refractivity contribution in [2.75, 3.05) is 0 Å². The maximum Gasteiger partial charge on any atom is 0.0716 e. The van der Waals surface area contributed by atoms with E-state index < -0.39 is 0 Å². The summed E-state index contributed by atoms with van der Waals surface area (Å²) in [5.41, 5.74) is 2.42. The van der Waals surface area contributed by atoms with Crippen molar-refractivity contribution in [1.82, 2.24) is 4.98 Å². The summed E-state index contributed by atoms with van der Waals surface area (Å²) >= 11 is 3.45. The van der Waals surface area contributed by atoms with Gasteiger partial charge in [-0.05, 0) is 29.7 Å². The van der Waals surface area contributed by atoms with Crippen molar-refractivity contribution in [3.8, 4) is 0 Å². The van der Waals surface area contributed by atoms with Gasteiger partial charge in [0.15, 0.2) is 0 Å². The van der Waals surface area contributed by atoms with E-state index in [0.717, 1.165) is 9.99 Å². The van der Waals surface area contributed by atoms with Crippen LogP contribution in [0.25, 0.3) is 10.9 Å². The SMILES string of the molecule is CC(C)c1ccnc2cc(Br)ccc12. The fourth-order valence-corrected chi connectivity index (χ4v) is 2.00. The first-order chi connectivity index (χ1) is 6.68. The minimum Gasteiger partial charge on any atom is -0.256 e. The first kappa shape index (κ1) is 9.66. The molecule has 1 aromatic carbocycles. The summed E-state index contributed by atoms with van der Waals surface area (Å²) in [6.07, 6.45) is 1.88. The Balaban J connectivity index is 2.75. The van der Waals surface area contributed by atoms with Gasteiger partial charge in [0, 0.05) is 16.1 Å². The predicted molar refractivity (Wildman–Crippen MR) is 63.5 cm³/mol. The van der Waals surface area contributed by atoms with Gasteiger partial charge in [-0.1, -0.05) is 35.8 Å². The van der Waals surface area contributed by atoms with Crippen LogP contribution in [0.3, 0.4) is 0 Å². The Bertz CT molecular complexity index is 463. The van der Waals surface area contributed by atoms with Crippen molar-refractivity contribution in [3.63, 3.8) is 0 Å². The Kier molecular flexibility index (Phi) is 2.55. The normalized spacial score (nSPS) is 11.1. The van der Waals surface area contributed by atoms with Crippen LogP contribution in [-0.4, -0.2) is 4.98 Å². The number of fused-ring (bicyclic) bond motifs is 1. The molecule has 0 saturated carbocycles. The van der Waals surface area contributed by atoms with E-state index in [1.54, 1.807) is 0 Å². The number of rotatable bonds is 1. The second-order valence-corrected chi connectivity index (χ2v) is 4.63. The minimum atomic E-state index is 0.543. The first-order valence-electron chi connectivity index (χ1n) is 4.72. The average molecular weight is 250 g/mol. The molecule has 0 spiro atoms. The Morgan fingerprint density at radius 3 is 2.71 bits per heavy atom. The van der Waals surface area contributed by atoms with Crippen LogP contribution in [0.2, 0.25) is 0 Å². The smallest absolute Gasteiger partial charge is 0.0716 e. The van der Waals surface area contributed by atoms with Gasteiger partial charge in [-0.15, -0.1) is 0 Å². The maximum absolute atomic E-state index is 4.36. The highest BCUT2D eigenvalue weighted by Gasteiger charge is 2.05. The standard InChI is InChI=1S/C12H12BrN/c1-8(2)10-5-6-14-12-7-9(13)3-4-11(10)12/h3-8H,1-2H3. The van der Waals surface area contributed by atoms with E-state index >= 15 is 0 Å². The number of hydrogen-bond acceptors (Lipinski definition) is 1. The number of halogens is 1. The zero-order valence-electron chi connectivity index (χ0n) is 8.29. The second kappa shape index (κ2) is 3.70. The summed E-state index contributed by atoms with van der Waals surface area (Å²) in [6.45, 7) is 4.41. The van der Waals surface area contributed by atoms with Gasteiger partial charge in [0.1, 0.15) is 0 Å². The molecule has 1 heterocycles. The van der Waals surface area contributed by atoms with Crippen molar-refractivity contribution >= 4 is 26.8 Å². The van der Waals surface area contributed by atoms with E-state index in [4.69, 9.17) is 0 Å². The quantitative estimate of drug-likeness (QED) is 0.741. The Labute approximate surface area is 92.3 Å². The molecule has 0 aliphatic heterocycles. The number of pyridine rings is 1. The van der Waals surface area contributed by atoms with Crippen LogP contribution in [0.15, 0.2) is 34.9 Å². The molecular weight excluding hydrogens is 238 g/mol. The fourth-order valence-electron chi connectivity index (χ4n) is 1.65. The Hall–Kier alpha value is -0.890. The molecule has 0 atom stereocenters. The lowest BCUT2D eigenvalue weighted by molar-refractivity contribution is 0.874. The fraction of sp³-hybridized carbons (Fsp3) is 0.250. The predicted octanol–water partition coefficient (Wildman–Crippen LogP) is 4.12. The number of hydrogen-bond donors (Lipinski definition) is 0. The van der Waals surface area contributed by atoms with Crippen LogP contribution in [-0.2, 0) is 0 Å². The van der Waals surface area contributed by atoms with Gasteiger partial charge in [-0.2, -0.15) is 0 Å². The molecule has 2 rings (SSSR count). The molecule has 0 saturated heterocycles. The third kappa shape index (κ3) is 1.67. The van der Waals surface area contributed by atoms with Gasteiger partial charge < -0.3 is 0 Å². The second-order valence-electron chi connectivity index (χ2n) is 3.72. The molecule has 0 radical (unpaired) electrons. The lowest BCUT2D eigenvalue weighted by Gasteiger charge is -2.08. The van der Waals surface area contributed by atoms with Gasteiger partial charge in [0.25, 0.3) is 0 Å². The molecule has 0 fully saturated rings. The highest BCUT2D eigenvalue weighted by Crippen LogP contribution is 2.25. The molecule has 0 unspecified atom stereocenters. The van der Waals surface area contributed by atoms with Crippen LogP contribution in [0, 0.1) is 0 Å². The summed E-state index contributed by atoms with van der Waals surface area (Å²) in [5.74, 6) is 0.543. The molecule has 1 aromatic heterocycles. The third-order valence-electron chi connectivity index (χ3n) is 2.36. The van der Waals surface area contributed by atoms with Crippen LogP contribution < -0.4 is 0 Å². The molecular formula is C12H12BrN. The first-order valence-corrected chi connectivity index (χ1v) is 5.52. The van der Waals surface area contributed by atoms with Crippen molar-refractivity contribution in [2.24, 2.45) is 0 Å². The van der Waals surface area contributed by atoms with Crippen LogP contribution in [0.4, 0.5) is 0 Å². The zero-order chi connectivity index (χ0) is 10.1. The summed E-state index contributed by atoms with van der Waals surface area (Å²) in [7, 11) is 0. The molecule has 0 bridgehead atoms. The highest BCUT2D eigenvalue weighted by atomic mass is 79.9. The highest BCUT2D eigenvalue weighted by molar-refractivity contribution is 9.10. The maximum atomic E-state index is 4.36. The van der Waals surface area contributed by atoms with Gasteiger partial charge in [-0.3, -0.25) is 4.98 Å². The van der Waals surface area contributed by atoms with E-state index in [1.165, 1.54) is 10.9 Å². The summed E-state index contributed by atoms with van der Waals surface area (Å²) < 4.78 is 1.08. The van der Waals surface area contributed by atoms with E-state index in [-0.39, 0.29) is 0 Å². The van der Waals surface area contributed by atoms with Crippen LogP contribution in [0.5, 0.6) is 0 Å². The molecule has 0 aliphatic carbocycles. The van der Waals surface area contributed by atoms with Gasteiger partial charge in [0.2, 0.25) is 0 Å². The molecule has 14 heavy (non-hydrogen) atoms. The molecule has 2 aromatic rings. The average Bonchev–Trinajstić information content (AvgIpc) is 2.16. The molecule has 0 aliphatic rings. The lowest BCUT2D eigenvalue weighted by atomic mass is 9.99. The largest absolute Gasteiger partial charge is 0.256 e. The zero-order valence-corrected chi connectivity index (χ0v) is 9.88. The van der Waals surface area contributed by atoms with Crippen molar-refractivity contribution in [3.05, 3.63) is 40.5 Å². The van der Waals surface area contributed by atoms with E-state index in [0.29, 0.717) is 5.92 Å². The number of nitrogens with zero attached hydrogens (tertiary/aromatic N) is 1. The molecule has 0 N–H and O–H groups in total. The van der Waals surface area contributed by atoms with E-state index in [2.05, 4.69) is 59.0 Å². The molecule has 2 heteroatoms.